The predicted octanol–water partition coefficient (Wildman–Crippen LogP) is 1.31. The van der Waals surface area contributed by atoms with E-state index in [2.05, 4.69) is 0 Å². The van der Waals surface area contributed by atoms with Crippen LogP contribution in [0.3, 0.4) is 0 Å². The Morgan fingerprint density at radius 3 is 2.64 bits per heavy atom. The van der Waals surface area contributed by atoms with Crippen LogP contribution >= 0.6 is 0 Å². The van der Waals surface area contributed by atoms with Crippen LogP contribution in [0.1, 0.15) is 34.1 Å². The van der Waals surface area contributed by atoms with Crippen molar-refractivity contribution in [3.8, 4) is 0 Å². The number of ether oxygens (including phenoxy) is 4. The number of hydrogen-bond acceptors (Lipinski definition) is 8. The van der Waals surface area contributed by atoms with Crippen molar-refractivity contribution in [2.75, 3.05) is 7.11 Å². The normalized spacial score (nSPS) is 49.3. The van der Waals surface area contributed by atoms with Crippen LogP contribution in [-0.2, 0) is 23.7 Å². The van der Waals surface area contributed by atoms with E-state index in [4.69, 9.17) is 24.7 Å². The van der Waals surface area contributed by atoms with Gasteiger partial charge in [-0.25, -0.2) is 9.59 Å². The van der Waals surface area contributed by atoms with Crippen LogP contribution in [0.4, 0.5) is 4.79 Å². The lowest BCUT2D eigenvalue weighted by Gasteiger charge is -2.49. The molecule has 2 aliphatic heterocycles. The molecule has 1 spiro atoms. The summed E-state index contributed by atoms with van der Waals surface area (Å²) < 4.78 is 23.5. The van der Waals surface area contributed by atoms with Gasteiger partial charge in [-0.15, -0.1) is 0 Å². The number of nitrogens with two attached hydrogens (primary N) is 1. The van der Waals surface area contributed by atoms with Crippen molar-refractivity contribution >= 4 is 12.1 Å². The van der Waals surface area contributed by atoms with E-state index < -0.39 is 54.3 Å². The van der Waals surface area contributed by atoms with Gasteiger partial charge >= 0.3 is 12.1 Å². The van der Waals surface area contributed by atoms with Crippen molar-refractivity contribution in [1.29, 1.82) is 0 Å². The van der Waals surface area contributed by atoms with E-state index in [1.54, 1.807) is 6.92 Å². The number of primary amides is 1. The molecule has 1 saturated carbocycles. The number of hydrogen-bond donors (Lipinski definition) is 3. The summed E-state index contributed by atoms with van der Waals surface area (Å²) in [7, 11) is 1.45. The highest BCUT2D eigenvalue weighted by Crippen LogP contribution is 2.61. The molecular formula is C24H35NO8. The molecular weight excluding hydrogens is 430 g/mol. The molecule has 2 heterocycles. The smallest absolute Gasteiger partial charge is 0.404 e. The third-order valence-electron chi connectivity index (χ3n) is 8.13. The molecule has 12 atom stereocenters. The van der Waals surface area contributed by atoms with E-state index in [0.29, 0.717) is 0 Å². The number of amides is 1. The van der Waals surface area contributed by atoms with Crippen molar-refractivity contribution in [2.24, 2.45) is 35.3 Å². The van der Waals surface area contributed by atoms with Gasteiger partial charge in [0.2, 0.25) is 0 Å². The molecule has 0 aromatic rings. The lowest BCUT2D eigenvalue weighted by molar-refractivity contribution is -0.172. The molecule has 1 saturated heterocycles. The first-order valence-corrected chi connectivity index (χ1v) is 11.6. The number of cyclic esters (lactones) is 1. The fourth-order valence-electron chi connectivity index (χ4n) is 6.63. The summed E-state index contributed by atoms with van der Waals surface area (Å²) in [5.74, 6) is -2.05. The Labute approximate surface area is 193 Å². The summed E-state index contributed by atoms with van der Waals surface area (Å²) in [5.41, 5.74) is 5.36. The summed E-state index contributed by atoms with van der Waals surface area (Å²) >= 11 is 0. The fourth-order valence-corrected chi connectivity index (χ4v) is 6.63. The number of methoxy groups -OCH3 is 1. The second kappa shape index (κ2) is 8.69. The van der Waals surface area contributed by atoms with Gasteiger partial charge in [0.15, 0.2) is 6.10 Å². The summed E-state index contributed by atoms with van der Waals surface area (Å²) in [6.45, 7) is 7.23. The molecule has 4 rings (SSSR count). The number of carbonyl (C=O) groups excluding carboxylic acids is 2. The van der Waals surface area contributed by atoms with Gasteiger partial charge in [-0.2, -0.15) is 0 Å². The predicted molar refractivity (Wildman–Crippen MR) is 117 cm³/mol. The Kier molecular flexibility index (Phi) is 6.37. The molecule has 2 aliphatic carbocycles. The van der Waals surface area contributed by atoms with Crippen molar-refractivity contribution in [3.05, 3.63) is 23.8 Å². The molecule has 4 bridgehead atoms. The van der Waals surface area contributed by atoms with Crippen molar-refractivity contribution in [1.82, 2.24) is 0 Å². The molecule has 33 heavy (non-hydrogen) atoms. The zero-order valence-corrected chi connectivity index (χ0v) is 19.7. The van der Waals surface area contributed by atoms with Crippen LogP contribution in [-0.4, -0.2) is 71.6 Å². The Morgan fingerprint density at radius 2 is 2.03 bits per heavy atom. The number of rotatable bonds is 3. The minimum atomic E-state index is -0.943. The number of aliphatic hydroxyl groups is 2. The maximum atomic E-state index is 13.0. The first-order chi connectivity index (χ1) is 15.5. The van der Waals surface area contributed by atoms with E-state index in [-0.39, 0.29) is 36.0 Å². The molecule has 184 valence electrons. The average molecular weight is 466 g/mol. The first kappa shape index (κ1) is 24.2. The van der Waals surface area contributed by atoms with Crippen LogP contribution in [0.2, 0.25) is 0 Å². The maximum Gasteiger partial charge on any atom is 0.404 e. The van der Waals surface area contributed by atoms with Crippen LogP contribution in [0, 0.1) is 29.6 Å². The SMILES string of the molecule is CO[C@H]1C[C@H]2C=C[C@H]3[C@H]4O[C@]2(/C(C)=C/[C@@H](C)[C@@H]([C@@H](C)O)OC1=O)[C@@H]3[C@H](OC(N)=O)[C@@H](C)[C@H]4O. The van der Waals surface area contributed by atoms with Gasteiger partial charge in [0.25, 0.3) is 0 Å². The molecule has 2 fully saturated rings. The summed E-state index contributed by atoms with van der Waals surface area (Å²) in [5, 5.41) is 21.4. The molecule has 9 heteroatoms. The first-order valence-electron chi connectivity index (χ1n) is 11.6. The molecule has 0 aromatic carbocycles. The highest BCUT2D eigenvalue weighted by atomic mass is 16.6. The second-order valence-corrected chi connectivity index (χ2v) is 10.0. The zero-order chi connectivity index (χ0) is 24.2. The van der Waals surface area contributed by atoms with E-state index in [0.717, 1.165) is 5.57 Å². The van der Waals surface area contributed by atoms with Gasteiger partial charge in [-0.3, -0.25) is 0 Å². The topological polar surface area (TPSA) is 138 Å². The Balaban J connectivity index is 1.88. The molecule has 9 nitrogen and oxygen atoms in total. The van der Waals surface area contributed by atoms with Gasteiger partial charge < -0.3 is 34.9 Å². The van der Waals surface area contributed by atoms with Crippen molar-refractivity contribution in [2.45, 2.75) is 76.3 Å². The van der Waals surface area contributed by atoms with Crippen LogP contribution in [0.15, 0.2) is 23.8 Å². The van der Waals surface area contributed by atoms with Gasteiger partial charge in [-0.05, 0) is 25.8 Å². The number of aliphatic hydroxyl groups excluding tert-OH is 2. The zero-order valence-electron chi connectivity index (χ0n) is 19.7. The average Bonchev–Trinajstić information content (AvgIpc) is 2.94. The standard InChI is InChI=1S/C24H35NO8/c1-10-8-11(2)24-14(9-16(30-5)22(28)31-19(10)13(4)26)6-7-15-17(24)20(32-23(25)29)12(3)18(27)21(15)33-24/h6-8,10,12-21,26-27H,9H2,1-5H3,(H2,25,29)/b11-8+/t10-,12+,13-,14-,15-,16+,17+,18-,19+,20-,21-,24+/m1/s1. The maximum absolute atomic E-state index is 13.0. The Morgan fingerprint density at radius 1 is 1.33 bits per heavy atom. The molecule has 1 amide bonds. The summed E-state index contributed by atoms with van der Waals surface area (Å²) in [6.07, 6.45) is 0.781. The minimum absolute atomic E-state index is 0.182. The molecule has 0 aromatic heterocycles. The van der Waals surface area contributed by atoms with Gasteiger partial charge in [0, 0.05) is 36.7 Å². The Bertz CT molecular complexity index is 855. The van der Waals surface area contributed by atoms with E-state index in [9.17, 15) is 19.8 Å². The third-order valence-corrected chi connectivity index (χ3v) is 8.13. The third kappa shape index (κ3) is 3.69. The van der Waals surface area contributed by atoms with Gasteiger partial charge in [0.1, 0.15) is 17.8 Å². The minimum Gasteiger partial charge on any atom is -0.457 e. The number of carbonyl (C=O) groups is 2. The molecule has 0 radical (unpaired) electrons. The van der Waals surface area contributed by atoms with Gasteiger partial charge in [0.05, 0.1) is 18.3 Å². The highest BCUT2D eigenvalue weighted by molar-refractivity contribution is 5.75. The van der Waals surface area contributed by atoms with Gasteiger partial charge in [-0.1, -0.05) is 32.1 Å². The Hall–Kier alpha value is -1.94. The van der Waals surface area contributed by atoms with E-state index in [1.165, 1.54) is 7.11 Å². The van der Waals surface area contributed by atoms with Crippen LogP contribution in [0.25, 0.3) is 0 Å². The molecule has 4 aliphatic rings. The largest absolute Gasteiger partial charge is 0.457 e. The highest BCUT2D eigenvalue weighted by Gasteiger charge is 2.69. The summed E-state index contributed by atoms with van der Waals surface area (Å²) in [6, 6.07) is 0. The van der Waals surface area contributed by atoms with E-state index in [1.807, 2.05) is 39.0 Å². The summed E-state index contributed by atoms with van der Waals surface area (Å²) in [4.78, 5) is 24.8. The lowest BCUT2D eigenvalue weighted by Crippen LogP contribution is -2.58. The van der Waals surface area contributed by atoms with Crippen molar-refractivity contribution in [3.63, 3.8) is 0 Å². The quantitative estimate of drug-likeness (QED) is 0.419. The fraction of sp³-hybridized carbons (Fsp3) is 0.750. The van der Waals surface area contributed by atoms with Crippen LogP contribution < -0.4 is 5.73 Å². The lowest BCUT2D eigenvalue weighted by atomic mass is 9.57. The second-order valence-electron chi connectivity index (χ2n) is 10.0. The molecule has 4 N–H and O–H groups in total. The van der Waals surface area contributed by atoms with Crippen LogP contribution in [0.5, 0.6) is 0 Å². The monoisotopic (exact) mass is 465 g/mol. The number of esters is 1. The van der Waals surface area contributed by atoms with E-state index >= 15 is 0 Å². The molecule has 0 unspecified atom stereocenters. The van der Waals surface area contributed by atoms with Crippen molar-refractivity contribution < 1.29 is 38.7 Å².